The van der Waals surface area contributed by atoms with Gasteiger partial charge in [0.1, 0.15) is 17.1 Å². The summed E-state index contributed by atoms with van der Waals surface area (Å²) in [6, 6.07) is 11.5. The van der Waals surface area contributed by atoms with Crippen LogP contribution in [0, 0.1) is 0 Å². The number of benzene rings is 2. The molecule has 19 heavy (non-hydrogen) atoms. The molecular weight excluding hydrogens is 312 g/mol. The molecule has 5 heteroatoms. The minimum Gasteiger partial charge on any atom is -0.478 e. The Balaban J connectivity index is 2.31. The van der Waals surface area contributed by atoms with Gasteiger partial charge in [-0.1, -0.05) is 28.1 Å². The second-order valence-electron chi connectivity index (χ2n) is 3.85. The van der Waals surface area contributed by atoms with Gasteiger partial charge in [-0.15, -0.1) is 0 Å². The Bertz CT molecular complexity index is 593. The Hall–Kier alpha value is -1.85. The third-order valence-corrected chi connectivity index (χ3v) is 3.00. The molecule has 2 N–H and O–H groups in total. The molecule has 0 atom stereocenters. The van der Waals surface area contributed by atoms with Crippen LogP contribution in [-0.2, 0) is 6.61 Å². The Morgan fingerprint density at radius 2 is 1.84 bits per heavy atom. The standard InChI is InChI=1S/C14H11BrO4/c15-10-3-6-12(14(17)18)13(7-10)19-11-4-1-9(8-16)2-5-11/h1-7,16H,8H2,(H,17,18). The third-order valence-electron chi connectivity index (χ3n) is 2.51. The van der Waals surface area contributed by atoms with E-state index in [-0.39, 0.29) is 17.9 Å². The lowest BCUT2D eigenvalue weighted by Crippen LogP contribution is -2.00. The number of carboxylic acid groups (broad SMARTS) is 1. The number of hydrogen-bond acceptors (Lipinski definition) is 3. The fourth-order valence-corrected chi connectivity index (χ4v) is 1.89. The van der Waals surface area contributed by atoms with Crippen LogP contribution in [0.1, 0.15) is 15.9 Å². The van der Waals surface area contributed by atoms with Gasteiger partial charge in [0.2, 0.25) is 0 Å². The van der Waals surface area contributed by atoms with E-state index < -0.39 is 5.97 Å². The minimum absolute atomic E-state index is 0.0441. The average Bonchev–Trinajstić information content (AvgIpc) is 2.39. The number of aromatic carboxylic acids is 1. The van der Waals surface area contributed by atoms with E-state index >= 15 is 0 Å². The Morgan fingerprint density at radius 3 is 2.42 bits per heavy atom. The highest BCUT2D eigenvalue weighted by Crippen LogP contribution is 2.28. The maximum absolute atomic E-state index is 11.1. The summed E-state index contributed by atoms with van der Waals surface area (Å²) in [6.07, 6.45) is 0. The van der Waals surface area contributed by atoms with Gasteiger partial charge < -0.3 is 14.9 Å². The largest absolute Gasteiger partial charge is 0.478 e. The van der Waals surface area contributed by atoms with Crippen LogP contribution in [0.4, 0.5) is 0 Å². The quantitative estimate of drug-likeness (QED) is 0.905. The molecule has 0 aromatic heterocycles. The summed E-state index contributed by atoms with van der Waals surface area (Å²) in [6.45, 7) is -0.0441. The summed E-state index contributed by atoms with van der Waals surface area (Å²) in [5.41, 5.74) is 0.856. The van der Waals surface area contributed by atoms with Crippen molar-refractivity contribution in [2.24, 2.45) is 0 Å². The number of halogens is 1. The molecule has 0 aliphatic rings. The first-order chi connectivity index (χ1) is 9.10. The summed E-state index contributed by atoms with van der Waals surface area (Å²) in [5.74, 6) is -0.272. The molecule has 0 saturated heterocycles. The van der Waals surface area contributed by atoms with Crippen LogP contribution in [0.3, 0.4) is 0 Å². The Morgan fingerprint density at radius 1 is 1.16 bits per heavy atom. The maximum Gasteiger partial charge on any atom is 0.339 e. The van der Waals surface area contributed by atoms with Crippen LogP contribution < -0.4 is 4.74 Å². The second kappa shape index (κ2) is 5.86. The molecule has 0 amide bonds. The van der Waals surface area contributed by atoms with Gasteiger partial charge in [-0.05, 0) is 35.9 Å². The third kappa shape index (κ3) is 3.33. The minimum atomic E-state index is -1.05. The molecule has 0 heterocycles. The van der Waals surface area contributed by atoms with Gasteiger partial charge >= 0.3 is 5.97 Å². The van der Waals surface area contributed by atoms with Gasteiger partial charge in [0.15, 0.2) is 0 Å². The summed E-state index contributed by atoms with van der Waals surface area (Å²) in [7, 11) is 0. The Labute approximate surface area is 118 Å². The summed E-state index contributed by atoms with van der Waals surface area (Å²) < 4.78 is 6.29. The maximum atomic E-state index is 11.1. The van der Waals surface area contributed by atoms with E-state index in [9.17, 15) is 4.79 Å². The van der Waals surface area contributed by atoms with Crippen molar-refractivity contribution in [3.8, 4) is 11.5 Å². The van der Waals surface area contributed by atoms with Crippen molar-refractivity contribution in [3.63, 3.8) is 0 Å². The molecule has 98 valence electrons. The number of aliphatic hydroxyl groups is 1. The lowest BCUT2D eigenvalue weighted by Gasteiger charge is -2.09. The van der Waals surface area contributed by atoms with Crippen molar-refractivity contribution < 1.29 is 19.7 Å². The van der Waals surface area contributed by atoms with Gasteiger partial charge in [0.05, 0.1) is 6.61 Å². The lowest BCUT2D eigenvalue weighted by molar-refractivity contribution is 0.0694. The van der Waals surface area contributed by atoms with E-state index in [4.69, 9.17) is 14.9 Å². The second-order valence-corrected chi connectivity index (χ2v) is 4.77. The predicted molar refractivity (Wildman–Crippen MR) is 73.5 cm³/mol. The summed E-state index contributed by atoms with van der Waals surface area (Å²) >= 11 is 3.28. The SMILES string of the molecule is O=C(O)c1ccc(Br)cc1Oc1ccc(CO)cc1. The first-order valence-corrected chi connectivity index (χ1v) is 6.30. The molecular formula is C14H11BrO4. The van der Waals surface area contributed by atoms with Crippen LogP contribution >= 0.6 is 15.9 Å². The number of hydrogen-bond donors (Lipinski definition) is 2. The fraction of sp³-hybridized carbons (Fsp3) is 0.0714. The zero-order valence-corrected chi connectivity index (χ0v) is 11.4. The van der Waals surface area contributed by atoms with Gasteiger partial charge in [0, 0.05) is 4.47 Å². The predicted octanol–water partition coefficient (Wildman–Crippen LogP) is 3.43. The number of rotatable bonds is 4. The number of carboxylic acids is 1. The molecule has 2 rings (SSSR count). The molecule has 2 aromatic carbocycles. The average molecular weight is 323 g/mol. The van der Waals surface area contributed by atoms with Crippen LogP contribution in [-0.4, -0.2) is 16.2 Å². The van der Waals surface area contributed by atoms with Gasteiger partial charge in [-0.2, -0.15) is 0 Å². The topological polar surface area (TPSA) is 66.8 Å². The van der Waals surface area contributed by atoms with E-state index in [1.807, 2.05) is 0 Å². The van der Waals surface area contributed by atoms with Gasteiger partial charge in [-0.25, -0.2) is 4.79 Å². The van der Waals surface area contributed by atoms with Crippen molar-refractivity contribution in [2.45, 2.75) is 6.61 Å². The zero-order chi connectivity index (χ0) is 13.8. The molecule has 4 nitrogen and oxygen atoms in total. The van der Waals surface area contributed by atoms with Gasteiger partial charge in [-0.3, -0.25) is 0 Å². The van der Waals surface area contributed by atoms with E-state index in [2.05, 4.69) is 15.9 Å². The van der Waals surface area contributed by atoms with Crippen molar-refractivity contribution >= 4 is 21.9 Å². The molecule has 0 spiro atoms. The zero-order valence-electron chi connectivity index (χ0n) is 9.84. The fourth-order valence-electron chi connectivity index (χ4n) is 1.55. The molecule has 0 aliphatic heterocycles. The number of aliphatic hydroxyl groups excluding tert-OH is 1. The van der Waals surface area contributed by atoms with Crippen molar-refractivity contribution in [1.29, 1.82) is 0 Å². The summed E-state index contributed by atoms with van der Waals surface area (Å²) in [4.78, 5) is 11.1. The summed E-state index contributed by atoms with van der Waals surface area (Å²) in [5, 5.41) is 18.0. The molecule has 0 unspecified atom stereocenters. The highest BCUT2D eigenvalue weighted by molar-refractivity contribution is 9.10. The van der Waals surface area contributed by atoms with Crippen molar-refractivity contribution in [3.05, 3.63) is 58.1 Å². The van der Waals surface area contributed by atoms with E-state index in [0.717, 1.165) is 10.0 Å². The smallest absolute Gasteiger partial charge is 0.339 e. The van der Waals surface area contributed by atoms with Crippen LogP contribution in [0.5, 0.6) is 11.5 Å². The highest BCUT2D eigenvalue weighted by Gasteiger charge is 2.12. The molecule has 0 radical (unpaired) electrons. The van der Waals surface area contributed by atoms with E-state index in [0.29, 0.717) is 5.75 Å². The van der Waals surface area contributed by atoms with Crippen LogP contribution in [0.25, 0.3) is 0 Å². The highest BCUT2D eigenvalue weighted by atomic mass is 79.9. The monoisotopic (exact) mass is 322 g/mol. The van der Waals surface area contributed by atoms with Crippen molar-refractivity contribution in [1.82, 2.24) is 0 Å². The van der Waals surface area contributed by atoms with Crippen LogP contribution in [0.15, 0.2) is 46.9 Å². The molecule has 0 bridgehead atoms. The number of ether oxygens (including phenoxy) is 1. The van der Waals surface area contributed by atoms with E-state index in [1.54, 1.807) is 36.4 Å². The molecule has 0 aliphatic carbocycles. The Kier molecular flexibility index (Phi) is 4.19. The normalized spacial score (nSPS) is 10.2. The molecule has 2 aromatic rings. The van der Waals surface area contributed by atoms with Crippen molar-refractivity contribution in [2.75, 3.05) is 0 Å². The first kappa shape index (κ1) is 13.6. The van der Waals surface area contributed by atoms with Gasteiger partial charge in [0.25, 0.3) is 0 Å². The first-order valence-electron chi connectivity index (χ1n) is 5.50. The molecule has 0 saturated carbocycles. The lowest BCUT2D eigenvalue weighted by atomic mass is 10.2. The van der Waals surface area contributed by atoms with E-state index in [1.165, 1.54) is 6.07 Å². The number of carbonyl (C=O) groups is 1. The molecule has 0 fully saturated rings. The van der Waals surface area contributed by atoms with Crippen LogP contribution in [0.2, 0.25) is 0 Å².